The molecule has 0 bridgehead atoms. The summed E-state index contributed by atoms with van der Waals surface area (Å²) < 4.78 is 0. The topological polar surface area (TPSA) is 52.6 Å². The van der Waals surface area contributed by atoms with Gasteiger partial charge >= 0.3 is 6.03 Å². The molecule has 0 atom stereocenters. The van der Waals surface area contributed by atoms with Gasteiger partial charge in [-0.05, 0) is 37.6 Å². The third-order valence-electron chi connectivity index (χ3n) is 6.13. The third kappa shape index (κ3) is 4.03. The lowest BCUT2D eigenvalue weighted by Gasteiger charge is -2.47. The van der Waals surface area contributed by atoms with Gasteiger partial charge in [0.25, 0.3) is 0 Å². The van der Waals surface area contributed by atoms with Gasteiger partial charge in [0.05, 0.1) is 17.2 Å². The van der Waals surface area contributed by atoms with E-state index in [9.17, 15) is 4.79 Å². The molecule has 4 heterocycles. The zero-order chi connectivity index (χ0) is 20.6. The van der Waals surface area contributed by atoms with Crippen LogP contribution in [0.4, 0.5) is 4.79 Å². The van der Waals surface area contributed by atoms with Crippen molar-refractivity contribution in [3.63, 3.8) is 0 Å². The number of fused-ring (bicyclic) bond motifs is 2. The third-order valence-corrected chi connectivity index (χ3v) is 7.47. The number of carbonyl (C=O) groups excluding carboxylic acids is 1. The predicted octanol–water partition coefficient (Wildman–Crippen LogP) is 3.69. The zero-order valence-electron chi connectivity index (χ0n) is 17.9. The van der Waals surface area contributed by atoms with Crippen LogP contribution >= 0.6 is 11.3 Å². The molecule has 0 aromatic carbocycles. The molecule has 1 spiro atoms. The number of thiazole rings is 1. The molecule has 1 fully saturated rings. The molecule has 2 aliphatic heterocycles. The van der Waals surface area contributed by atoms with Crippen LogP contribution in [0.1, 0.15) is 53.7 Å². The van der Waals surface area contributed by atoms with Crippen LogP contribution in [0.5, 0.6) is 0 Å². The van der Waals surface area contributed by atoms with Crippen molar-refractivity contribution in [2.45, 2.75) is 51.1 Å². The number of carbonyl (C=O) groups is 1. The lowest BCUT2D eigenvalue weighted by Crippen LogP contribution is -2.54. The van der Waals surface area contributed by atoms with Gasteiger partial charge in [-0.25, -0.2) is 9.78 Å². The molecule has 29 heavy (non-hydrogen) atoms. The van der Waals surface area contributed by atoms with Gasteiger partial charge in [-0.1, -0.05) is 19.9 Å². The Labute approximate surface area is 177 Å². The standard InChI is InChI=1S/C22H31N5OS/c1-16(2)20-24-19-18(29-20)14-27(21(28)25(3)4)15-22(19)7-10-26(11-8-22)13-17-6-5-9-23-12-17/h5-6,9,12,16H,7-8,10-11,13-15H2,1-4H3. The quantitative estimate of drug-likeness (QED) is 0.770. The monoisotopic (exact) mass is 413 g/mol. The van der Waals surface area contributed by atoms with Crippen molar-refractivity contribution in [3.05, 3.63) is 45.7 Å². The van der Waals surface area contributed by atoms with Crippen molar-refractivity contribution in [1.29, 1.82) is 0 Å². The second kappa shape index (κ2) is 8.03. The fourth-order valence-electron chi connectivity index (χ4n) is 4.51. The van der Waals surface area contributed by atoms with Crippen LogP contribution in [0.3, 0.4) is 0 Å². The van der Waals surface area contributed by atoms with Gasteiger partial charge in [-0.15, -0.1) is 11.3 Å². The molecule has 0 N–H and O–H groups in total. The average Bonchev–Trinajstić information content (AvgIpc) is 3.15. The lowest BCUT2D eigenvalue weighted by molar-refractivity contribution is 0.0946. The van der Waals surface area contributed by atoms with E-state index in [0.29, 0.717) is 12.5 Å². The van der Waals surface area contributed by atoms with Gasteiger partial charge in [-0.2, -0.15) is 0 Å². The predicted molar refractivity (Wildman–Crippen MR) is 116 cm³/mol. The molecule has 156 valence electrons. The highest BCUT2D eigenvalue weighted by molar-refractivity contribution is 7.11. The van der Waals surface area contributed by atoms with E-state index in [1.54, 1.807) is 16.2 Å². The number of urea groups is 1. The summed E-state index contributed by atoms with van der Waals surface area (Å²) in [5.74, 6) is 0.423. The average molecular weight is 414 g/mol. The normalized spacial score (nSPS) is 18.9. The SMILES string of the molecule is CC(C)c1nc2c(s1)CN(C(=O)N(C)C)CC21CCN(Cc2cccnc2)CC1. The molecule has 0 unspecified atom stereocenters. The van der Waals surface area contributed by atoms with Gasteiger partial charge in [0.15, 0.2) is 0 Å². The number of piperidine rings is 1. The maximum absolute atomic E-state index is 12.8. The highest BCUT2D eigenvalue weighted by Crippen LogP contribution is 2.44. The summed E-state index contributed by atoms with van der Waals surface area (Å²) >= 11 is 1.80. The number of hydrogen-bond donors (Lipinski definition) is 0. The number of nitrogens with zero attached hydrogens (tertiary/aromatic N) is 5. The van der Waals surface area contributed by atoms with Crippen molar-refractivity contribution in [2.24, 2.45) is 0 Å². The molecule has 2 aliphatic rings. The number of pyridine rings is 1. The van der Waals surface area contributed by atoms with Crippen LogP contribution in [0.2, 0.25) is 0 Å². The van der Waals surface area contributed by atoms with Gasteiger partial charge in [0, 0.05) is 55.8 Å². The first kappa shape index (κ1) is 20.3. The van der Waals surface area contributed by atoms with Crippen molar-refractivity contribution in [2.75, 3.05) is 33.7 Å². The Morgan fingerprint density at radius 3 is 2.69 bits per heavy atom. The van der Waals surface area contributed by atoms with E-state index in [-0.39, 0.29) is 11.4 Å². The Balaban J connectivity index is 1.57. The Bertz CT molecular complexity index is 855. The van der Waals surface area contributed by atoms with E-state index < -0.39 is 0 Å². The van der Waals surface area contributed by atoms with Crippen molar-refractivity contribution in [3.8, 4) is 0 Å². The summed E-state index contributed by atoms with van der Waals surface area (Å²) in [6.07, 6.45) is 5.86. The summed E-state index contributed by atoms with van der Waals surface area (Å²) in [4.78, 5) is 29.7. The molecule has 4 rings (SSSR count). The second-order valence-corrected chi connectivity index (χ2v) is 10.0. The van der Waals surface area contributed by atoms with Crippen molar-refractivity contribution >= 4 is 17.4 Å². The van der Waals surface area contributed by atoms with E-state index in [2.05, 4.69) is 29.8 Å². The van der Waals surface area contributed by atoms with Crippen LogP contribution in [-0.4, -0.2) is 64.4 Å². The Hall–Kier alpha value is -1.99. The molecule has 0 aliphatic carbocycles. The van der Waals surface area contributed by atoms with Crippen molar-refractivity contribution in [1.82, 2.24) is 24.7 Å². The van der Waals surface area contributed by atoms with Crippen molar-refractivity contribution < 1.29 is 4.79 Å². The Morgan fingerprint density at radius 1 is 1.31 bits per heavy atom. The van der Waals surface area contributed by atoms with Crippen LogP contribution < -0.4 is 0 Å². The van der Waals surface area contributed by atoms with E-state index in [0.717, 1.165) is 39.0 Å². The van der Waals surface area contributed by atoms with Gasteiger partial charge < -0.3 is 9.80 Å². The fraction of sp³-hybridized carbons (Fsp3) is 0.591. The molecule has 2 aromatic rings. The first-order chi connectivity index (χ1) is 13.9. The molecule has 0 radical (unpaired) electrons. The molecule has 2 amide bonds. The van der Waals surface area contributed by atoms with Crippen LogP contribution in [0.15, 0.2) is 24.5 Å². The van der Waals surface area contributed by atoms with Crippen LogP contribution in [-0.2, 0) is 18.5 Å². The van der Waals surface area contributed by atoms with Gasteiger partial charge in [0.2, 0.25) is 0 Å². The molecule has 0 saturated carbocycles. The highest BCUT2D eigenvalue weighted by atomic mass is 32.1. The zero-order valence-corrected chi connectivity index (χ0v) is 18.7. The molecular weight excluding hydrogens is 382 g/mol. The maximum Gasteiger partial charge on any atom is 0.319 e. The smallest absolute Gasteiger partial charge is 0.319 e. The van der Waals surface area contributed by atoms with E-state index >= 15 is 0 Å². The minimum absolute atomic E-state index is 0.0195. The van der Waals surface area contributed by atoms with Crippen LogP contribution in [0, 0.1) is 0 Å². The molecule has 7 heteroatoms. The lowest BCUT2D eigenvalue weighted by atomic mass is 9.73. The number of hydrogen-bond acceptors (Lipinski definition) is 5. The van der Waals surface area contributed by atoms with E-state index in [1.165, 1.54) is 21.1 Å². The van der Waals surface area contributed by atoms with Crippen LogP contribution in [0.25, 0.3) is 0 Å². The Kier molecular flexibility index (Phi) is 5.62. The maximum atomic E-state index is 12.8. The fourth-order valence-corrected chi connectivity index (χ4v) is 5.71. The van der Waals surface area contributed by atoms with E-state index in [4.69, 9.17) is 4.98 Å². The Morgan fingerprint density at radius 2 is 2.07 bits per heavy atom. The molecule has 1 saturated heterocycles. The summed E-state index contributed by atoms with van der Waals surface area (Å²) in [7, 11) is 3.68. The first-order valence-electron chi connectivity index (χ1n) is 10.5. The minimum Gasteiger partial charge on any atom is -0.331 e. The summed E-state index contributed by atoms with van der Waals surface area (Å²) in [5.41, 5.74) is 2.51. The first-order valence-corrected chi connectivity index (χ1v) is 11.3. The molecule has 2 aromatic heterocycles. The summed E-state index contributed by atoms with van der Waals surface area (Å²) in [5, 5.41) is 1.20. The summed E-state index contributed by atoms with van der Waals surface area (Å²) in [6, 6.07) is 4.25. The van der Waals surface area contributed by atoms with Gasteiger partial charge in [-0.3, -0.25) is 9.88 Å². The summed E-state index contributed by atoms with van der Waals surface area (Å²) in [6.45, 7) is 8.86. The minimum atomic E-state index is -0.0195. The largest absolute Gasteiger partial charge is 0.331 e. The molecule has 6 nitrogen and oxygen atoms in total. The highest BCUT2D eigenvalue weighted by Gasteiger charge is 2.46. The van der Waals surface area contributed by atoms with Gasteiger partial charge in [0.1, 0.15) is 0 Å². The number of likely N-dealkylation sites (tertiary alicyclic amines) is 1. The molecular formula is C22H31N5OS. The number of amides is 2. The number of aromatic nitrogens is 2. The second-order valence-electron chi connectivity index (χ2n) is 8.93. The van der Waals surface area contributed by atoms with E-state index in [1.807, 2.05) is 37.5 Å². The number of rotatable bonds is 3.